The zero-order valence-corrected chi connectivity index (χ0v) is 18.9. The van der Waals surface area contributed by atoms with Crippen molar-refractivity contribution in [2.24, 2.45) is 0 Å². The molecule has 34 heavy (non-hydrogen) atoms. The summed E-state index contributed by atoms with van der Waals surface area (Å²) in [6, 6.07) is 9.25. The highest BCUT2D eigenvalue weighted by molar-refractivity contribution is 6.07. The van der Waals surface area contributed by atoms with Crippen molar-refractivity contribution in [3.63, 3.8) is 0 Å². The highest BCUT2D eigenvalue weighted by Gasteiger charge is 2.51. The molecule has 0 bridgehead atoms. The van der Waals surface area contributed by atoms with E-state index in [4.69, 9.17) is 0 Å². The van der Waals surface area contributed by atoms with Crippen LogP contribution in [0.15, 0.2) is 42.6 Å². The van der Waals surface area contributed by atoms with Crippen LogP contribution < -0.4 is 10.6 Å². The zero-order chi connectivity index (χ0) is 23.9. The average Bonchev–Trinajstić information content (AvgIpc) is 3.27. The molecule has 8 nitrogen and oxygen atoms in total. The van der Waals surface area contributed by atoms with Crippen LogP contribution in [0.5, 0.6) is 0 Å². The highest BCUT2D eigenvalue weighted by atomic mass is 19.1. The first-order valence-electron chi connectivity index (χ1n) is 11.5. The first-order chi connectivity index (χ1) is 16.4. The lowest BCUT2D eigenvalue weighted by atomic mass is 9.82. The van der Waals surface area contributed by atoms with Gasteiger partial charge in [-0.2, -0.15) is 0 Å². The molecule has 2 fully saturated rings. The Balaban J connectivity index is 1.35. The van der Waals surface area contributed by atoms with E-state index in [0.29, 0.717) is 35.6 Å². The van der Waals surface area contributed by atoms with Gasteiger partial charge in [0.1, 0.15) is 28.5 Å². The summed E-state index contributed by atoms with van der Waals surface area (Å²) >= 11 is 0. The van der Waals surface area contributed by atoms with E-state index in [-0.39, 0.29) is 30.6 Å². The lowest BCUT2D eigenvalue weighted by Gasteiger charge is -2.30. The number of halogens is 1. The molecule has 176 valence electrons. The number of pyridine rings is 1. The first-order valence-corrected chi connectivity index (χ1v) is 11.5. The minimum atomic E-state index is -0.804. The Kier molecular flexibility index (Phi) is 5.55. The number of aromatic nitrogens is 2. The van der Waals surface area contributed by atoms with Gasteiger partial charge in [0.15, 0.2) is 0 Å². The van der Waals surface area contributed by atoms with Crippen LogP contribution in [0.2, 0.25) is 0 Å². The maximum atomic E-state index is 13.5. The van der Waals surface area contributed by atoms with Gasteiger partial charge in [-0.1, -0.05) is 19.3 Å². The third-order valence-corrected chi connectivity index (χ3v) is 6.67. The number of anilines is 1. The van der Waals surface area contributed by atoms with E-state index in [1.165, 1.54) is 12.1 Å². The molecule has 1 saturated carbocycles. The number of hydrogen-bond acceptors (Lipinski definition) is 4. The number of imide groups is 1. The molecule has 1 saturated heterocycles. The van der Waals surface area contributed by atoms with E-state index < -0.39 is 11.6 Å². The minimum absolute atomic E-state index is 0.0000238. The predicted molar refractivity (Wildman–Crippen MR) is 125 cm³/mol. The predicted octanol–water partition coefficient (Wildman–Crippen LogP) is 4.03. The number of aryl methyl sites for hydroxylation is 1. The molecule has 4 amide bonds. The van der Waals surface area contributed by atoms with Gasteiger partial charge in [0, 0.05) is 24.7 Å². The fourth-order valence-corrected chi connectivity index (χ4v) is 4.86. The van der Waals surface area contributed by atoms with Crippen molar-refractivity contribution in [1.82, 2.24) is 19.6 Å². The largest absolute Gasteiger partial charge is 0.325 e. The molecular formula is C25H26FN5O3. The quantitative estimate of drug-likeness (QED) is 0.559. The minimum Gasteiger partial charge on any atom is -0.323 e. The lowest BCUT2D eigenvalue weighted by molar-refractivity contribution is -0.132. The molecule has 3 heterocycles. The number of amides is 4. The van der Waals surface area contributed by atoms with Gasteiger partial charge < -0.3 is 10.6 Å². The van der Waals surface area contributed by atoms with Crippen LogP contribution in [0.25, 0.3) is 16.9 Å². The van der Waals surface area contributed by atoms with Gasteiger partial charge in [-0.25, -0.2) is 14.2 Å². The van der Waals surface area contributed by atoms with Crippen LogP contribution in [0.1, 0.15) is 44.1 Å². The van der Waals surface area contributed by atoms with Crippen molar-refractivity contribution in [3.8, 4) is 11.3 Å². The molecule has 1 aromatic carbocycles. The number of imidazole rings is 1. The van der Waals surface area contributed by atoms with Crippen molar-refractivity contribution in [1.29, 1.82) is 0 Å². The second-order valence-electron chi connectivity index (χ2n) is 9.08. The highest BCUT2D eigenvalue weighted by Crippen LogP contribution is 2.34. The summed E-state index contributed by atoms with van der Waals surface area (Å²) in [5, 5.41) is 5.75. The number of rotatable bonds is 5. The van der Waals surface area contributed by atoms with Crippen LogP contribution in [0.4, 0.5) is 15.0 Å². The number of urea groups is 1. The second kappa shape index (κ2) is 8.55. The van der Waals surface area contributed by atoms with Gasteiger partial charge in [-0.05, 0) is 61.7 Å². The summed E-state index contributed by atoms with van der Waals surface area (Å²) in [5.74, 6) is -0.496. The number of nitrogens with zero attached hydrogens (tertiary/aromatic N) is 3. The van der Waals surface area contributed by atoms with Crippen molar-refractivity contribution in [2.75, 3.05) is 11.9 Å². The fraction of sp³-hybridized carbons (Fsp3) is 0.360. The summed E-state index contributed by atoms with van der Waals surface area (Å²) in [5.41, 5.74) is 2.02. The lowest BCUT2D eigenvalue weighted by Crippen LogP contribution is -2.48. The Morgan fingerprint density at radius 1 is 1.15 bits per heavy atom. The Hall–Kier alpha value is -3.75. The number of nitrogens with one attached hydrogen (secondary N) is 2. The maximum absolute atomic E-state index is 13.5. The summed E-state index contributed by atoms with van der Waals surface area (Å²) in [6.45, 7) is 1.95. The fourth-order valence-electron chi connectivity index (χ4n) is 4.86. The normalized spacial score (nSPS) is 17.4. The van der Waals surface area contributed by atoms with Crippen molar-refractivity contribution < 1.29 is 18.8 Å². The molecule has 1 spiro atoms. The third-order valence-electron chi connectivity index (χ3n) is 6.67. The molecular weight excluding hydrogens is 437 g/mol. The van der Waals surface area contributed by atoms with Crippen LogP contribution >= 0.6 is 0 Å². The Morgan fingerprint density at radius 2 is 1.88 bits per heavy atom. The molecule has 2 aliphatic rings. The Labute approximate surface area is 196 Å². The van der Waals surface area contributed by atoms with E-state index >= 15 is 0 Å². The molecule has 0 radical (unpaired) electrons. The second-order valence-corrected chi connectivity index (χ2v) is 9.08. The van der Waals surface area contributed by atoms with Gasteiger partial charge >= 0.3 is 6.03 Å². The van der Waals surface area contributed by atoms with Gasteiger partial charge in [-0.15, -0.1) is 0 Å². The molecule has 0 unspecified atom stereocenters. The average molecular weight is 464 g/mol. The van der Waals surface area contributed by atoms with Gasteiger partial charge in [0.2, 0.25) is 5.91 Å². The number of fused-ring (bicyclic) bond motifs is 1. The smallest absolute Gasteiger partial charge is 0.323 e. The third kappa shape index (κ3) is 3.91. The topological polar surface area (TPSA) is 95.8 Å². The van der Waals surface area contributed by atoms with Crippen LogP contribution in [-0.4, -0.2) is 44.2 Å². The van der Waals surface area contributed by atoms with E-state index in [2.05, 4.69) is 15.6 Å². The van der Waals surface area contributed by atoms with Gasteiger partial charge in [0.05, 0.1) is 0 Å². The van der Waals surface area contributed by atoms with Crippen molar-refractivity contribution in [3.05, 3.63) is 54.0 Å². The Bertz CT molecular complexity index is 1280. The summed E-state index contributed by atoms with van der Waals surface area (Å²) in [6.07, 6.45) is 5.91. The van der Waals surface area contributed by atoms with Crippen LogP contribution in [0, 0.1) is 12.7 Å². The molecule has 0 atom stereocenters. The van der Waals surface area contributed by atoms with Gasteiger partial charge in [0.25, 0.3) is 5.91 Å². The van der Waals surface area contributed by atoms with E-state index in [1.807, 2.05) is 25.3 Å². The number of carbonyl (C=O) groups excluding carboxylic acids is 3. The summed E-state index contributed by atoms with van der Waals surface area (Å²) in [4.78, 5) is 44.2. The maximum Gasteiger partial charge on any atom is 0.325 e. The van der Waals surface area contributed by atoms with E-state index in [9.17, 15) is 18.8 Å². The zero-order valence-electron chi connectivity index (χ0n) is 18.9. The summed E-state index contributed by atoms with van der Waals surface area (Å²) < 4.78 is 15.2. The molecule has 1 aliphatic carbocycles. The Morgan fingerprint density at radius 3 is 2.62 bits per heavy atom. The molecule has 2 N–H and O–H groups in total. The van der Waals surface area contributed by atoms with Crippen LogP contribution in [-0.2, 0) is 9.59 Å². The van der Waals surface area contributed by atoms with Crippen molar-refractivity contribution >= 4 is 29.3 Å². The SMILES string of the molecule is Cc1ccn2c(NC(=O)CCN3C(=O)NC4(CCCCC4)C3=O)c(-c3ccc(F)cc3)nc2c1. The summed E-state index contributed by atoms with van der Waals surface area (Å²) in [7, 11) is 0. The van der Waals surface area contributed by atoms with E-state index in [0.717, 1.165) is 29.7 Å². The van der Waals surface area contributed by atoms with Gasteiger partial charge in [-0.3, -0.25) is 18.9 Å². The van der Waals surface area contributed by atoms with Crippen molar-refractivity contribution in [2.45, 2.75) is 51.0 Å². The molecule has 5 rings (SSSR count). The molecule has 9 heteroatoms. The van der Waals surface area contributed by atoms with Crippen LogP contribution in [0.3, 0.4) is 0 Å². The standard InChI is InChI=1S/C25H26FN5O3/c1-16-9-13-30-19(15-16)27-21(17-5-7-18(26)8-6-17)22(30)28-20(32)10-14-31-23(33)25(29-24(31)34)11-3-2-4-12-25/h5-9,13,15H,2-4,10-12,14H2,1H3,(H,28,32)(H,29,34). The monoisotopic (exact) mass is 463 g/mol. The first kappa shape index (κ1) is 22.1. The molecule has 3 aromatic rings. The number of carbonyl (C=O) groups is 3. The number of hydrogen-bond donors (Lipinski definition) is 2. The molecule has 1 aliphatic heterocycles. The van der Waals surface area contributed by atoms with E-state index in [1.54, 1.807) is 16.5 Å². The molecule has 2 aromatic heterocycles. The number of benzene rings is 1.